The highest BCUT2D eigenvalue weighted by Crippen LogP contribution is 2.52. The minimum atomic E-state index is -2.46. The lowest BCUT2D eigenvalue weighted by Crippen LogP contribution is -2.43. The first-order valence-electron chi connectivity index (χ1n) is 16.3. The predicted octanol–water partition coefficient (Wildman–Crippen LogP) is 7.78. The molecule has 0 bridgehead atoms. The van der Waals surface area contributed by atoms with E-state index in [9.17, 15) is 18.4 Å². The van der Waals surface area contributed by atoms with Crippen LogP contribution in [0.15, 0.2) is 12.1 Å². The lowest BCUT2D eigenvalue weighted by Gasteiger charge is -2.32. The maximum absolute atomic E-state index is 17.2. The predicted molar refractivity (Wildman–Crippen MR) is 177 cm³/mol. The van der Waals surface area contributed by atoms with E-state index in [0.717, 1.165) is 43.7 Å². The van der Waals surface area contributed by atoms with Gasteiger partial charge in [-0.05, 0) is 62.6 Å². The number of nitriles is 1. The largest absolute Gasteiger partial charge is 0.489 e. The van der Waals surface area contributed by atoms with Crippen molar-refractivity contribution in [1.82, 2.24) is 14.9 Å². The number of hydrogen-bond acceptors (Lipinski definition) is 9. The Kier molecular flexibility index (Phi) is 7.77. The van der Waals surface area contributed by atoms with E-state index in [-0.39, 0.29) is 90.6 Å². The van der Waals surface area contributed by atoms with Crippen molar-refractivity contribution in [3.8, 4) is 29.0 Å². The zero-order chi connectivity index (χ0) is 33.5. The fourth-order valence-corrected chi connectivity index (χ4v) is 9.77. The van der Waals surface area contributed by atoms with Crippen LogP contribution < -0.4 is 20.1 Å². The first-order valence-corrected chi connectivity index (χ1v) is 17.5. The lowest BCUT2D eigenvalue weighted by atomic mass is 9.92. The van der Waals surface area contributed by atoms with Gasteiger partial charge in [-0.1, -0.05) is 24.6 Å². The van der Waals surface area contributed by atoms with Crippen molar-refractivity contribution in [2.45, 2.75) is 63.5 Å². The summed E-state index contributed by atoms with van der Waals surface area (Å²) in [4.78, 5) is 13.8. The topological polar surface area (TPSA) is 101 Å². The molecule has 2 unspecified atom stereocenters. The zero-order valence-electron chi connectivity index (χ0n) is 26.2. The maximum atomic E-state index is 17.2. The summed E-state index contributed by atoms with van der Waals surface area (Å²) in [5.74, 6) is -1.25. The van der Waals surface area contributed by atoms with Crippen molar-refractivity contribution in [3.63, 3.8) is 0 Å². The Bertz CT molecular complexity index is 2000. The third-order valence-corrected chi connectivity index (χ3v) is 12.1. The van der Waals surface area contributed by atoms with E-state index in [1.165, 1.54) is 12.1 Å². The van der Waals surface area contributed by atoms with Crippen molar-refractivity contribution in [3.05, 3.63) is 34.4 Å². The summed E-state index contributed by atoms with van der Waals surface area (Å²) >= 11 is 7.92. The van der Waals surface area contributed by atoms with Gasteiger partial charge in [-0.2, -0.15) is 15.2 Å². The minimum Gasteiger partial charge on any atom is -0.489 e. The number of anilines is 2. The first-order chi connectivity index (χ1) is 23.1. The number of fused-ring (bicyclic) bond motifs is 4. The standard InChI is InChI=1S/C34H33ClF4N6O2S/c1-16-11-34(8-2-9-44(34)13-16)15-47-33-42-27-24-28(46-14-18-4-3-17(30(38)39)7-10-45(18)32(24)43-33)25(35)23(26(27)37)19-5-6-21(36)29-22(19)20(12-40)31(41)48-29/h5-6,16-18,30H,2-4,7-11,13-15,41H2,1H3/t16-,17?,18?,34+/m1/s1. The number of nitrogens with zero attached hydrogens (tertiary/aromatic N) is 5. The van der Waals surface area contributed by atoms with Crippen LogP contribution in [0.3, 0.4) is 0 Å². The fourth-order valence-electron chi connectivity index (χ4n) is 8.49. The van der Waals surface area contributed by atoms with E-state index >= 15 is 4.39 Å². The van der Waals surface area contributed by atoms with Crippen molar-refractivity contribution >= 4 is 54.7 Å². The second kappa shape index (κ2) is 11.8. The summed E-state index contributed by atoms with van der Waals surface area (Å²) < 4.78 is 72.7. The molecular formula is C34H33ClF4N6O2S. The Morgan fingerprint density at radius 2 is 2.04 bits per heavy atom. The molecule has 2 aromatic heterocycles. The van der Waals surface area contributed by atoms with Gasteiger partial charge in [0.2, 0.25) is 6.43 Å². The molecule has 6 heterocycles. The molecule has 4 aliphatic heterocycles. The number of halogens is 5. The number of nitrogen functional groups attached to an aromatic ring is 1. The molecule has 0 amide bonds. The number of hydrogen-bond donors (Lipinski definition) is 1. The van der Waals surface area contributed by atoms with Gasteiger partial charge in [-0.3, -0.25) is 4.90 Å². The van der Waals surface area contributed by atoms with E-state index in [2.05, 4.69) is 16.8 Å². The summed E-state index contributed by atoms with van der Waals surface area (Å²) in [6.07, 6.45) is 1.46. The number of aromatic nitrogens is 2. The van der Waals surface area contributed by atoms with Gasteiger partial charge >= 0.3 is 6.01 Å². The number of nitrogens with two attached hydrogens (primary N) is 1. The summed E-state index contributed by atoms with van der Waals surface area (Å²) in [5, 5.41) is 10.3. The van der Waals surface area contributed by atoms with Crippen LogP contribution in [0.5, 0.6) is 11.8 Å². The van der Waals surface area contributed by atoms with Gasteiger partial charge in [0.15, 0.2) is 11.6 Å². The van der Waals surface area contributed by atoms with E-state index in [4.69, 9.17) is 31.8 Å². The molecule has 48 heavy (non-hydrogen) atoms. The molecule has 0 saturated carbocycles. The summed E-state index contributed by atoms with van der Waals surface area (Å²) in [6.45, 7) is 4.85. The Balaban J connectivity index is 1.33. The van der Waals surface area contributed by atoms with Crippen molar-refractivity contribution in [1.29, 1.82) is 5.26 Å². The normalized spacial score (nSPS) is 25.5. The molecule has 2 aromatic carbocycles. The van der Waals surface area contributed by atoms with Crippen LogP contribution >= 0.6 is 22.9 Å². The Morgan fingerprint density at radius 3 is 2.83 bits per heavy atom. The van der Waals surface area contributed by atoms with Crippen molar-refractivity contribution < 1.29 is 27.0 Å². The van der Waals surface area contributed by atoms with Crippen LogP contribution in [0, 0.1) is 34.8 Å². The molecule has 4 atom stereocenters. The molecule has 4 aromatic rings. The van der Waals surface area contributed by atoms with Gasteiger partial charge in [0.1, 0.15) is 41.4 Å². The highest BCUT2D eigenvalue weighted by Gasteiger charge is 2.48. The van der Waals surface area contributed by atoms with Crippen LogP contribution in [0.2, 0.25) is 5.02 Å². The number of benzene rings is 2. The second-order valence-corrected chi connectivity index (χ2v) is 15.1. The smallest absolute Gasteiger partial charge is 0.319 e. The molecule has 0 spiro atoms. The number of rotatable bonds is 5. The third kappa shape index (κ3) is 4.85. The van der Waals surface area contributed by atoms with Crippen molar-refractivity contribution in [2.75, 3.05) is 43.5 Å². The summed E-state index contributed by atoms with van der Waals surface area (Å²) in [6, 6.07) is 4.21. The van der Waals surface area contributed by atoms with Gasteiger partial charge in [0.25, 0.3) is 0 Å². The van der Waals surface area contributed by atoms with Crippen LogP contribution in [-0.4, -0.2) is 65.7 Å². The molecule has 8 rings (SSSR count). The van der Waals surface area contributed by atoms with E-state index < -0.39 is 24.0 Å². The van der Waals surface area contributed by atoms with Gasteiger partial charge in [-0.15, -0.1) is 11.3 Å². The Labute approximate surface area is 283 Å². The van der Waals surface area contributed by atoms with Crippen LogP contribution in [0.25, 0.3) is 32.1 Å². The minimum absolute atomic E-state index is 0.0207. The summed E-state index contributed by atoms with van der Waals surface area (Å²) in [5.41, 5.74) is 5.88. The lowest BCUT2D eigenvalue weighted by molar-refractivity contribution is 0.0699. The molecular weight excluding hydrogens is 668 g/mol. The molecule has 14 heteroatoms. The van der Waals surface area contributed by atoms with Crippen molar-refractivity contribution in [2.24, 2.45) is 11.8 Å². The first kappa shape index (κ1) is 31.7. The Hall–Kier alpha value is -3.60. The molecule has 252 valence electrons. The quantitative estimate of drug-likeness (QED) is 0.211. The fraction of sp³-hybridized carbons (Fsp3) is 0.500. The average Bonchev–Trinajstić information content (AvgIpc) is 3.59. The molecule has 3 fully saturated rings. The van der Waals surface area contributed by atoms with Gasteiger partial charge in [0, 0.05) is 30.0 Å². The maximum Gasteiger partial charge on any atom is 0.319 e. The average molecular weight is 701 g/mol. The van der Waals surface area contributed by atoms with E-state index in [1.807, 2.05) is 11.0 Å². The van der Waals surface area contributed by atoms with Gasteiger partial charge in [0.05, 0.1) is 32.3 Å². The molecule has 0 aliphatic carbocycles. The number of ether oxygens (including phenoxy) is 2. The number of alkyl halides is 2. The van der Waals surface area contributed by atoms with Crippen LogP contribution in [-0.2, 0) is 0 Å². The molecule has 2 N–H and O–H groups in total. The SMILES string of the molecule is C[C@H]1CN2CCC[C@@]2(COc2nc3c4c(c(Cl)c(-c5ccc(F)c6sc(N)c(C#N)c56)c(F)c4n2)OCC2CCC(C(F)F)CCN32)C1. The monoisotopic (exact) mass is 700 g/mol. The van der Waals surface area contributed by atoms with Crippen LogP contribution in [0.4, 0.5) is 28.4 Å². The molecule has 0 radical (unpaired) electrons. The zero-order valence-corrected chi connectivity index (χ0v) is 27.7. The molecule has 4 aliphatic rings. The highest BCUT2D eigenvalue weighted by atomic mass is 35.5. The van der Waals surface area contributed by atoms with E-state index in [1.54, 1.807) is 0 Å². The Morgan fingerprint density at radius 1 is 1.21 bits per heavy atom. The molecule has 3 saturated heterocycles. The summed E-state index contributed by atoms with van der Waals surface area (Å²) in [7, 11) is 0. The van der Waals surface area contributed by atoms with E-state index in [0.29, 0.717) is 31.2 Å². The van der Waals surface area contributed by atoms with Gasteiger partial charge < -0.3 is 20.1 Å². The highest BCUT2D eigenvalue weighted by molar-refractivity contribution is 7.23. The third-order valence-electron chi connectivity index (χ3n) is 10.7. The molecule has 8 nitrogen and oxygen atoms in total. The number of thiophene rings is 1. The second-order valence-electron chi connectivity index (χ2n) is 13.6. The van der Waals surface area contributed by atoms with Gasteiger partial charge in [-0.25, -0.2) is 17.6 Å². The van der Waals surface area contributed by atoms with Crippen LogP contribution in [0.1, 0.15) is 51.0 Å².